The van der Waals surface area contributed by atoms with Gasteiger partial charge in [-0.1, -0.05) is 6.92 Å². The number of pyridine rings is 1. The lowest BCUT2D eigenvalue weighted by molar-refractivity contribution is 0.825. The summed E-state index contributed by atoms with van der Waals surface area (Å²) in [5.74, 6) is 1.59. The molecule has 0 radical (unpaired) electrons. The fourth-order valence-corrected chi connectivity index (χ4v) is 2.65. The van der Waals surface area contributed by atoms with E-state index >= 15 is 0 Å². The minimum absolute atomic E-state index is 0.264. The van der Waals surface area contributed by atoms with E-state index in [-0.39, 0.29) is 5.95 Å². The Kier molecular flexibility index (Phi) is 3.08. The van der Waals surface area contributed by atoms with E-state index in [4.69, 9.17) is 5.73 Å². The van der Waals surface area contributed by atoms with Gasteiger partial charge in [0.05, 0.1) is 10.2 Å². The molecular weight excluding hydrogens is 258 g/mol. The summed E-state index contributed by atoms with van der Waals surface area (Å²) in [7, 11) is 0. The molecule has 0 saturated carbocycles. The Morgan fingerprint density at radius 2 is 2.16 bits per heavy atom. The zero-order valence-electron chi connectivity index (χ0n) is 10.5. The summed E-state index contributed by atoms with van der Waals surface area (Å²) in [4.78, 5) is 17.2. The molecular formula is C13H13N5S. The zero-order valence-corrected chi connectivity index (χ0v) is 11.3. The first-order chi connectivity index (χ1) is 9.26. The molecule has 0 aliphatic rings. The van der Waals surface area contributed by atoms with Crippen LogP contribution in [0.25, 0.3) is 21.6 Å². The number of nitrogens with two attached hydrogens (primary N) is 1. The molecule has 0 bridgehead atoms. The minimum atomic E-state index is 0.264. The van der Waals surface area contributed by atoms with Gasteiger partial charge in [-0.3, -0.25) is 4.98 Å². The van der Waals surface area contributed by atoms with Crippen LogP contribution in [0.2, 0.25) is 0 Å². The predicted octanol–water partition coefficient (Wildman–Crippen LogP) is 2.68. The fourth-order valence-electron chi connectivity index (χ4n) is 1.87. The largest absolute Gasteiger partial charge is 0.368 e. The number of anilines is 1. The molecule has 0 aliphatic heterocycles. The van der Waals surface area contributed by atoms with E-state index in [1.165, 1.54) is 0 Å². The maximum Gasteiger partial charge on any atom is 0.223 e. The summed E-state index contributed by atoms with van der Waals surface area (Å²) in [5.41, 5.74) is 7.61. The lowest BCUT2D eigenvalue weighted by Crippen LogP contribution is -2.04. The Labute approximate surface area is 114 Å². The molecule has 0 aromatic carbocycles. The van der Waals surface area contributed by atoms with E-state index in [9.17, 15) is 0 Å². The predicted molar refractivity (Wildman–Crippen MR) is 76.8 cm³/mol. The molecule has 3 heterocycles. The first-order valence-corrected chi connectivity index (χ1v) is 6.98. The van der Waals surface area contributed by atoms with Gasteiger partial charge >= 0.3 is 0 Å². The van der Waals surface area contributed by atoms with Gasteiger partial charge in [0, 0.05) is 18.2 Å². The Balaban J connectivity index is 2.09. The molecule has 96 valence electrons. The van der Waals surface area contributed by atoms with Crippen LogP contribution < -0.4 is 5.73 Å². The van der Waals surface area contributed by atoms with Crippen LogP contribution in [0.1, 0.15) is 19.2 Å². The maximum atomic E-state index is 5.74. The molecule has 0 aliphatic carbocycles. The minimum Gasteiger partial charge on any atom is -0.368 e. The van der Waals surface area contributed by atoms with Crippen molar-refractivity contribution in [2.24, 2.45) is 0 Å². The Bertz CT molecular complexity index is 722. The molecule has 19 heavy (non-hydrogen) atoms. The van der Waals surface area contributed by atoms with Crippen LogP contribution in [0.3, 0.4) is 0 Å². The molecule has 0 fully saturated rings. The highest BCUT2D eigenvalue weighted by Gasteiger charge is 2.08. The molecule has 6 heteroatoms. The van der Waals surface area contributed by atoms with Crippen molar-refractivity contribution in [3.05, 3.63) is 29.5 Å². The van der Waals surface area contributed by atoms with Crippen LogP contribution in [0.4, 0.5) is 5.95 Å². The van der Waals surface area contributed by atoms with Gasteiger partial charge in [0.1, 0.15) is 5.82 Å². The average Bonchev–Trinajstić information content (AvgIpc) is 2.85. The standard InChI is InChI=1S/C13H13N5S/c1-2-3-11-16-12(18-13(14)17-11)8-6-10-9(15-7-8)4-5-19-10/h4-7H,2-3H2,1H3,(H2,14,16,17,18). The lowest BCUT2D eigenvalue weighted by atomic mass is 10.2. The van der Waals surface area contributed by atoms with E-state index in [2.05, 4.69) is 26.9 Å². The van der Waals surface area contributed by atoms with E-state index < -0.39 is 0 Å². The summed E-state index contributed by atoms with van der Waals surface area (Å²) in [6.07, 6.45) is 3.55. The van der Waals surface area contributed by atoms with Gasteiger partial charge in [0.15, 0.2) is 5.82 Å². The van der Waals surface area contributed by atoms with Crippen LogP contribution in [0, 0.1) is 0 Å². The molecule has 0 saturated heterocycles. The highest BCUT2D eigenvalue weighted by Crippen LogP contribution is 2.24. The van der Waals surface area contributed by atoms with E-state index in [0.717, 1.165) is 34.4 Å². The van der Waals surface area contributed by atoms with Crippen molar-refractivity contribution >= 4 is 27.5 Å². The van der Waals surface area contributed by atoms with Crippen LogP contribution in [0.15, 0.2) is 23.7 Å². The third kappa shape index (κ3) is 2.39. The van der Waals surface area contributed by atoms with Crippen LogP contribution in [-0.4, -0.2) is 19.9 Å². The van der Waals surface area contributed by atoms with Gasteiger partial charge in [-0.15, -0.1) is 11.3 Å². The molecule has 3 rings (SSSR count). The second-order valence-electron chi connectivity index (χ2n) is 4.21. The Hall–Kier alpha value is -2.08. The molecule has 2 N–H and O–H groups in total. The monoisotopic (exact) mass is 271 g/mol. The molecule has 3 aromatic rings. The van der Waals surface area contributed by atoms with Crippen molar-refractivity contribution in [2.45, 2.75) is 19.8 Å². The number of rotatable bonds is 3. The van der Waals surface area contributed by atoms with Crippen molar-refractivity contribution in [1.82, 2.24) is 19.9 Å². The van der Waals surface area contributed by atoms with Crippen molar-refractivity contribution in [3.8, 4) is 11.4 Å². The van der Waals surface area contributed by atoms with Crippen molar-refractivity contribution in [1.29, 1.82) is 0 Å². The summed E-state index contributed by atoms with van der Waals surface area (Å²) in [6.45, 7) is 2.08. The van der Waals surface area contributed by atoms with Crippen LogP contribution in [-0.2, 0) is 6.42 Å². The number of aromatic nitrogens is 4. The van der Waals surface area contributed by atoms with Gasteiger partial charge in [0.2, 0.25) is 5.95 Å². The smallest absolute Gasteiger partial charge is 0.223 e. The van der Waals surface area contributed by atoms with Gasteiger partial charge in [0.25, 0.3) is 0 Å². The molecule has 0 amide bonds. The second kappa shape index (κ2) is 4.89. The first kappa shape index (κ1) is 12.0. The van der Waals surface area contributed by atoms with Crippen LogP contribution >= 0.6 is 11.3 Å². The summed E-state index contributed by atoms with van der Waals surface area (Å²) in [6, 6.07) is 4.03. The molecule has 3 aromatic heterocycles. The number of nitrogen functional groups attached to an aromatic ring is 1. The Morgan fingerprint density at radius 1 is 1.26 bits per heavy atom. The number of thiophene rings is 1. The summed E-state index contributed by atoms with van der Waals surface area (Å²) < 4.78 is 1.12. The quantitative estimate of drug-likeness (QED) is 0.792. The van der Waals surface area contributed by atoms with Crippen molar-refractivity contribution in [3.63, 3.8) is 0 Å². The van der Waals surface area contributed by atoms with Gasteiger partial charge < -0.3 is 5.73 Å². The first-order valence-electron chi connectivity index (χ1n) is 6.10. The summed E-state index contributed by atoms with van der Waals surface area (Å²) in [5, 5.41) is 2.02. The third-order valence-electron chi connectivity index (χ3n) is 2.73. The topological polar surface area (TPSA) is 77.6 Å². The van der Waals surface area contributed by atoms with E-state index in [1.54, 1.807) is 17.5 Å². The number of fused-ring (bicyclic) bond motifs is 1. The third-order valence-corrected chi connectivity index (χ3v) is 3.59. The number of hydrogen-bond acceptors (Lipinski definition) is 6. The highest BCUT2D eigenvalue weighted by atomic mass is 32.1. The SMILES string of the molecule is CCCc1nc(N)nc(-c2cnc3ccsc3c2)n1. The normalized spacial score (nSPS) is 11.0. The van der Waals surface area contributed by atoms with Gasteiger partial charge in [-0.05, 0) is 23.9 Å². The number of aryl methyl sites for hydroxylation is 1. The number of nitrogens with zero attached hydrogens (tertiary/aromatic N) is 4. The van der Waals surface area contributed by atoms with Crippen molar-refractivity contribution < 1.29 is 0 Å². The van der Waals surface area contributed by atoms with Crippen molar-refractivity contribution in [2.75, 3.05) is 5.73 Å². The van der Waals surface area contributed by atoms with Gasteiger partial charge in [-0.25, -0.2) is 4.98 Å². The van der Waals surface area contributed by atoms with E-state index in [1.807, 2.05) is 17.5 Å². The highest BCUT2D eigenvalue weighted by molar-refractivity contribution is 7.17. The molecule has 0 atom stereocenters. The zero-order chi connectivity index (χ0) is 13.2. The average molecular weight is 271 g/mol. The number of hydrogen-bond donors (Lipinski definition) is 1. The second-order valence-corrected chi connectivity index (χ2v) is 5.16. The molecule has 5 nitrogen and oxygen atoms in total. The lowest BCUT2D eigenvalue weighted by Gasteiger charge is -2.04. The Morgan fingerprint density at radius 3 is 3.00 bits per heavy atom. The van der Waals surface area contributed by atoms with Crippen LogP contribution in [0.5, 0.6) is 0 Å². The molecule has 0 spiro atoms. The fraction of sp³-hybridized carbons (Fsp3) is 0.231. The summed E-state index contributed by atoms with van der Waals surface area (Å²) >= 11 is 1.65. The van der Waals surface area contributed by atoms with E-state index in [0.29, 0.717) is 5.82 Å². The van der Waals surface area contributed by atoms with Gasteiger partial charge in [-0.2, -0.15) is 9.97 Å². The molecule has 0 unspecified atom stereocenters. The maximum absolute atomic E-state index is 5.74.